The molecular weight excluding hydrogens is 218 g/mol. The van der Waals surface area contributed by atoms with Gasteiger partial charge in [0.25, 0.3) is 0 Å². The van der Waals surface area contributed by atoms with Gasteiger partial charge in [0.1, 0.15) is 0 Å². The van der Waals surface area contributed by atoms with E-state index in [4.69, 9.17) is 0 Å². The summed E-state index contributed by atoms with van der Waals surface area (Å²) >= 11 is 0. The number of nitrogens with one attached hydrogen (secondary N) is 1. The number of likely N-dealkylation sites (N-methyl/N-ethyl adjacent to an activating group) is 1. The predicted octanol–water partition coefficient (Wildman–Crippen LogP) is 0.0652. The Morgan fingerprint density at radius 3 is 2.35 bits per heavy atom. The highest BCUT2D eigenvalue weighted by Gasteiger charge is 2.30. The largest absolute Gasteiger partial charge is 0.349 e. The summed E-state index contributed by atoms with van der Waals surface area (Å²) in [7, 11) is 3.47. The normalized spacial score (nSPS) is 14.5. The van der Waals surface area contributed by atoms with Crippen LogP contribution in [0.5, 0.6) is 0 Å². The standard InChI is InChI=1S/C12H23N3O2/c1-4-15(10-5-6-10)12(17)9-13-8-7-11(16)14(2)3/h10,13H,4-9H2,1-3H3. The minimum atomic E-state index is 0.0829. The molecule has 1 rings (SSSR count). The molecule has 0 bridgehead atoms. The minimum Gasteiger partial charge on any atom is -0.349 e. The summed E-state index contributed by atoms with van der Waals surface area (Å²) in [6.07, 6.45) is 2.72. The van der Waals surface area contributed by atoms with Gasteiger partial charge >= 0.3 is 0 Å². The maximum absolute atomic E-state index is 11.8. The van der Waals surface area contributed by atoms with Gasteiger partial charge in [-0.3, -0.25) is 9.59 Å². The van der Waals surface area contributed by atoms with E-state index in [-0.39, 0.29) is 11.8 Å². The summed E-state index contributed by atoms with van der Waals surface area (Å²) in [5, 5.41) is 3.03. The van der Waals surface area contributed by atoms with Crippen LogP contribution in [-0.2, 0) is 9.59 Å². The second kappa shape index (κ2) is 6.59. The SMILES string of the molecule is CCN(C(=O)CNCCC(=O)N(C)C)C1CC1. The number of hydrogen-bond acceptors (Lipinski definition) is 3. The van der Waals surface area contributed by atoms with Crippen molar-refractivity contribution in [1.29, 1.82) is 0 Å². The lowest BCUT2D eigenvalue weighted by Crippen LogP contribution is -2.40. The van der Waals surface area contributed by atoms with Crippen molar-refractivity contribution >= 4 is 11.8 Å². The van der Waals surface area contributed by atoms with E-state index in [1.165, 1.54) is 0 Å². The van der Waals surface area contributed by atoms with Gasteiger partial charge in [0.2, 0.25) is 11.8 Å². The first kappa shape index (κ1) is 14.0. The fourth-order valence-corrected chi connectivity index (χ4v) is 1.74. The second-order valence-corrected chi connectivity index (χ2v) is 4.63. The Morgan fingerprint density at radius 1 is 1.24 bits per heavy atom. The Labute approximate surface area is 103 Å². The fraction of sp³-hybridized carbons (Fsp3) is 0.833. The third-order valence-corrected chi connectivity index (χ3v) is 2.94. The summed E-state index contributed by atoms with van der Waals surface area (Å²) in [6, 6.07) is 0.470. The first-order chi connectivity index (χ1) is 8.06. The van der Waals surface area contributed by atoms with Crippen molar-refractivity contribution in [1.82, 2.24) is 15.1 Å². The van der Waals surface area contributed by atoms with E-state index in [0.717, 1.165) is 19.4 Å². The topological polar surface area (TPSA) is 52.7 Å². The zero-order chi connectivity index (χ0) is 12.8. The third kappa shape index (κ3) is 4.73. The molecule has 98 valence electrons. The maximum Gasteiger partial charge on any atom is 0.236 e. The third-order valence-electron chi connectivity index (χ3n) is 2.94. The summed E-state index contributed by atoms with van der Waals surface area (Å²) in [5.41, 5.74) is 0. The van der Waals surface area contributed by atoms with E-state index < -0.39 is 0 Å². The van der Waals surface area contributed by atoms with E-state index in [2.05, 4.69) is 5.32 Å². The molecule has 0 atom stereocenters. The number of carbonyl (C=O) groups excluding carboxylic acids is 2. The molecule has 0 aliphatic heterocycles. The van der Waals surface area contributed by atoms with Crippen molar-refractivity contribution in [3.63, 3.8) is 0 Å². The first-order valence-corrected chi connectivity index (χ1v) is 6.26. The highest BCUT2D eigenvalue weighted by molar-refractivity contribution is 5.79. The Balaban J connectivity index is 2.13. The summed E-state index contributed by atoms with van der Waals surface area (Å²) < 4.78 is 0. The van der Waals surface area contributed by atoms with E-state index in [9.17, 15) is 9.59 Å². The van der Waals surface area contributed by atoms with Gasteiger partial charge in [-0.15, -0.1) is 0 Å². The van der Waals surface area contributed by atoms with Crippen molar-refractivity contribution in [2.45, 2.75) is 32.2 Å². The lowest BCUT2D eigenvalue weighted by Gasteiger charge is -2.20. The van der Waals surface area contributed by atoms with Gasteiger partial charge in [0.05, 0.1) is 6.54 Å². The molecule has 1 aliphatic rings. The molecule has 17 heavy (non-hydrogen) atoms. The Hall–Kier alpha value is -1.10. The van der Waals surface area contributed by atoms with Crippen molar-refractivity contribution in [3.05, 3.63) is 0 Å². The molecule has 5 heteroatoms. The average molecular weight is 241 g/mol. The summed E-state index contributed by atoms with van der Waals surface area (Å²) in [4.78, 5) is 26.6. The lowest BCUT2D eigenvalue weighted by molar-refractivity contribution is -0.131. The van der Waals surface area contributed by atoms with Crippen LogP contribution in [0, 0.1) is 0 Å². The molecule has 2 amide bonds. The van der Waals surface area contributed by atoms with Gasteiger partial charge in [-0.2, -0.15) is 0 Å². The number of hydrogen-bond donors (Lipinski definition) is 1. The van der Waals surface area contributed by atoms with Gasteiger partial charge in [0, 0.05) is 39.6 Å². The van der Waals surface area contributed by atoms with Crippen LogP contribution in [0.4, 0.5) is 0 Å². The van der Waals surface area contributed by atoms with E-state index in [0.29, 0.717) is 25.6 Å². The fourth-order valence-electron chi connectivity index (χ4n) is 1.74. The molecule has 0 spiro atoms. The molecule has 0 unspecified atom stereocenters. The van der Waals surface area contributed by atoms with Gasteiger partial charge in [-0.05, 0) is 19.8 Å². The average Bonchev–Trinajstić information content (AvgIpc) is 3.09. The molecule has 1 N–H and O–H groups in total. The molecule has 0 aromatic carbocycles. The van der Waals surface area contributed by atoms with Crippen LogP contribution >= 0.6 is 0 Å². The lowest BCUT2D eigenvalue weighted by atomic mass is 10.3. The highest BCUT2D eigenvalue weighted by Crippen LogP contribution is 2.26. The van der Waals surface area contributed by atoms with Crippen LogP contribution in [0.2, 0.25) is 0 Å². The Bertz CT molecular complexity index is 275. The summed E-state index contributed by atoms with van der Waals surface area (Å²) in [6.45, 7) is 3.68. The van der Waals surface area contributed by atoms with Crippen molar-refractivity contribution in [3.8, 4) is 0 Å². The second-order valence-electron chi connectivity index (χ2n) is 4.63. The van der Waals surface area contributed by atoms with Crippen LogP contribution in [0.3, 0.4) is 0 Å². The van der Waals surface area contributed by atoms with E-state index >= 15 is 0 Å². The molecular formula is C12H23N3O2. The number of amides is 2. The van der Waals surface area contributed by atoms with Gasteiger partial charge in [-0.25, -0.2) is 0 Å². The summed E-state index contributed by atoms with van der Waals surface area (Å²) in [5.74, 6) is 0.229. The van der Waals surface area contributed by atoms with Gasteiger partial charge in [0.15, 0.2) is 0 Å². The van der Waals surface area contributed by atoms with Crippen molar-refractivity contribution < 1.29 is 9.59 Å². The number of rotatable bonds is 7. The zero-order valence-electron chi connectivity index (χ0n) is 11.0. The first-order valence-electron chi connectivity index (χ1n) is 6.26. The van der Waals surface area contributed by atoms with Crippen LogP contribution < -0.4 is 5.32 Å². The minimum absolute atomic E-state index is 0.0829. The van der Waals surface area contributed by atoms with Crippen molar-refractivity contribution in [2.24, 2.45) is 0 Å². The molecule has 0 aromatic heterocycles. The molecule has 0 saturated heterocycles. The quantitative estimate of drug-likeness (QED) is 0.642. The monoisotopic (exact) mass is 241 g/mol. The molecule has 0 radical (unpaired) electrons. The molecule has 1 saturated carbocycles. The zero-order valence-corrected chi connectivity index (χ0v) is 11.0. The molecule has 5 nitrogen and oxygen atoms in total. The van der Waals surface area contributed by atoms with Gasteiger partial charge in [-0.1, -0.05) is 0 Å². The van der Waals surface area contributed by atoms with Crippen LogP contribution in [0.25, 0.3) is 0 Å². The molecule has 0 heterocycles. The van der Waals surface area contributed by atoms with E-state index in [1.54, 1.807) is 19.0 Å². The maximum atomic E-state index is 11.8. The highest BCUT2D eigenvalue weighted by atomic mass is 16.2. The van der Waals surface area contributed by atoms with Crippen molar-refractivity contribution in [2.75, 3.05) is 33.7 Å². The smallest absolute Gasteiger partial charge is 0.236 e. The van der Waals surface area contributed by atoms with Crippen LogP contribution in [-0.4, -0.2) is 61.4 Å². The Morgan fingerprint density at radius 2 is 1.88 bits per heavy atom. The van der Waals surface area contributed by atoms with Crippen LogP contribution in [0.1, 0.15) is 26.2 Å². The Kier molecular flexibility index (Phi) is 5.41. The molecule has 0 aromatic rings. The predicted molar refractivity (Wildman–Crippen MR) is 66.6 cm³/mol. The van der Waals surface area contributed by atoms with E-state index in [1.807, 2.05) is 11.8 Å². The van der Waals surface area contributed by atoms with Gasteiger partial charge < -0.3 is 15.1 Å². The number of nitrogens with zero attached hydrogens (tertiary/aromatic N) is 2. The number of carbonyl (C=O) groups is 2. The molecule has 1 aliphatic carbocycles. The van der Waals surface area contributed by atoms with Crippen LogP contribution in [0.15, 0.2) is 0 Å². The molecule has 1 fully saturated rings.